The van der Waals surface area contributed by atoms with Crippen molar-refractivity contribution in [2.45, 2.75) is 6.43 Å². The largest absolute Gasteiger partial charge is 0.378 e. The Morgan fingerprint density at radius 2 is 1.94 bits per heavy atom. The molecule has 2 nitrogen and oxygen atoms in total. The molecule has 0 aliphatic carbocycles. The van der Waals surface area contributed by atoms with Gasteiger partial charge in [0, 0.05) is 28.8 Å². The Labute approximate surface area is 101 Å². The molecule has 1 aliphatic rings. The number of hydrogen-bond donors (Lipinski definition) is 0. The molecule has 0 N–H and O–H groups in total. The Kier molecular flexibility index (Phi) is 3.76. The van der Waals surface area contributed by atoms with Gasteiger partial charge in [0.05, 0.1) is 13.2 Å². The minimum atomic E-state index is -2.44. The van der Waals surface area contributed by atoms with Crippen molar-refractivity contribution in [1.82, 2.24) is 0 Å². The Morgan fingerprint density at radius 1 is 1.25 bits per heavy atom. The SMILES string of the molecule is FC(F)c1ccc(Br)cc1N1CCOCC1. The maximum Gasteiger partial charge on any atom is 0.265 e. The maximum atomic E-state index is 12.8. The van der Waals surface area contributed by atoms with Crippen molar-refractivity contribution >= 4 is 21.6 Å². The van der Waals surface area contributed by atoms with Crippen LogP contribution < -0.4 is 4.90 Å². The first-order valence-corrected chi connectivity index (χ1v) is 5.88. The quantitative estimate of drug-likeness (QED) is 0.830. The highest BCUT2D eigenvalue weighted by molar-refractivity contribution is 9.10. The van der Waals surface area contributed by atoms with Gasteiger partial charge in [-0.2, -0.15) is 0 Å². The smallest absolute Gasteiger partial charge is 0.265 e. The molecule has 1 aromatic rings. The van der Waals surface area contributed by atoms with Crippen LogP contribution in [0.3, 0.4) is 0 Å². The zero-order valence-corrected chi connectivity index (χ0v) is 10.2. The highest BCUT2D eigenvalue weighted by atomic mass is 79.9. The molecule has 1 fully saturated rings. The summed E-state index contributed by atoms with van der Waals surface area (Å²) in [6, 6.07) is 4.86. The second-order valence-corrected chi connectivity index (χ2v) is 4.52. The second kappa shape index (κ2) is 5.10. The summed E-state index contributed by atoms with van der Waals surface area (Å²) in [6.07, 6.45) is -2.44. The van der Waals surface area contributed by atoms with Crippen LogP contribution in [0.15, 0.2) is 22.7 Å². The summed E-state index contributed by atoms with van der Waals surface area (Å²) in [5, 5.41) is 0. The van der Waals surface area contributed by atoms with Crippen LogP contribution in [0.1, 0.15) is 12.0 Å². The highest BCUT2D eigenvalue weighted by Gasteiger charge is 2.19. The van der Waals surface area contributed by atoms with Crippen molar-refractivity contribution in [3.05, 3.63) is 28.2 Å². The van der Waals surface area contributed by atoms with Gasteiger partial charge in [-0.3, -0.25) is 0 Å². The van der Waals surface area contributed by atoms with Crippen LogP contribution in [0.5, 0.6) is 0 Å². The number of ether oxygens (including phenoxy) is 1. The summed E-state index contributed by atoms with van der Waals surface area (Å²) in [5.41, 5.74) is 0.692. The van der Waals surface area contributed by atoms with E-state index in [1.807, 2.05) is 4.90 Å². The van der Waals surface area contributed by atoms with Crippen molar-refractivity contribution in [3.8, 4) is 0 Å². The average molecular weight is 292 g/mol. The van der Waals surface area contributed by atoms with Gasteiger partial charge in [-0.05, 0) is 12.1 Å². The molecule has 0 atom stereocenters. The van der Waals surface area contributed by atoms with Crippen LogP contribution >= 0.6 is 15.9 Å². The van der Waals surface area contributed by atoms with E-state index in [2.05, 4.69) is 15.9 Å². The number of alkyl halides is 2. The molecule has 88 valence electrons. The average Bonchev–Trinajstić information content (AvgIpc) is 2.29. The lowest BCUT2D eigenvalue weighted by atomic mass is 10.1. The lowest BCUT2D eigenvalue weighted by Gasteiger charge is -2.30. The first-order valence-electron chi connectivity index (χ1n) is 5.09. The minimum Gasteiger partial charge on any atom is -0.378 e. The fourth-order valence-corrected chi connectivity index (χ4v) is 2.13. The van der Waals surface area contributed by atoms with Gasteiger partial charge in [0.25, 0.3) is 6.43 Å². The van der Waals surface area contributed by atoms with E-state index in [4.69, 9.17) is 4.74 Å². The van der Waals surface area contributed by atoms with E-state index in [9.17, 15) is 8.78 Å². The lowest BCUT2D eigenvalue weighted by Crippen LogP contribution is -2.36. The molecule has 0 radical (unpaired) electrons. The zero-order chi connectivity index (χ0) is 11.5. The molecule has 0 aromatic heterocycles. The molecule has 5 heteroatoms. The summed E-state index contributed by atoms with van der Waals surface area (Å²) in [7, 11) is 0. The third kappa shape index (κ3) is 2.52. The van der Waals surface area contributed by atoms with Crippen LogP contribution in [0.4, 0.5) is 14.5 Å². The van der Waals surface area contributed by atoms with E-state index < -0.39 is 6.43 Å². The Bertz CT molecular complexity index is 367. The van der Waals surface area contributed by atoms with Gasteiger partial charge in [-0.1, -0.05) is 22.0 Å². The first kappa shape index (κ1) is 11.8. The normalized spacial score (nSPS) is 16.9. The standard InChI is InChI=1S/C11H12BrF2NO/c12-8-1-2-9(11(13)14)10(7-8)15-3-5-16-6-4-15/h1-2,7,11H,3-6H2. The third-order valence-corrected chi connectivity index (χ3v) is 3.07. The number of benzene rings is 1. The molecule has 0 saturated carbocycles. The lowest BCUT2D eigenvalue weighted by molar-refractivity contribution is 0.121. The fraction of sp³-hybridized carbons (Fsp3) is 0.455. The molecule has 0 bridgehead atoms. The molecule has 1 aliphatic heterocycles. The first-order chi connectivity index (χ1) is 7.68. The molecule has 2 rings (SSSR count). The van der Waals surface area contributed by atoms with E-state index >= 15 is 0 Å². The van der Waals surface area contributed by atoms with Gasteiger partial charge in [0.1, 0.15) is 0 Å². The van der Waals surface area contributed by atoms with E-state index in [0.29, 0.717) is 32.0 Å². The summed E-state index contributed by atoms with van der Waals surface area (Å²) < 4.78 is 31.7. The zero-order valence-electron chi connectivity index (χ0n) is 8.63. The van der Waals surface area contributed by atoms with Crippen molar-refractivity contribution in [2.75, 3.05) is 31.2 Å². The highest BCUT2D eigenvalue weighted by Crippen LogP contribution is 2.32. The van der Waals surface area contributed by atoms with Crippen LogP contribution in [-0.4, -0.2) is 26.3 Å². The van der Waals surface area contributed by atoms with Crippen LogP contribution in [0.25, 0.3) is 0 Å². The molecule has 0 spiro atoms. The van der Waals surface area contributed by atoms with E-state index in [0.717, 1.165) is 4.47 Å². The molecular weight excluding hydrogens is 280 g/mol. The van der Waals surface area contributed by atoms with Crippen LogP contribution in [0, 0.1) is 0 Å². The predicted octanol–water partition coefficient (Wildman–Crippen LogP) is 3.22. The predicted molar refractivity (Wildman–Crippen MR) is 62.1 cm³/mol. The second-order valence-electron chi connectivity index (χ2n) is 3.60. The molecular formula is C11H12BrF2NO. The van der Waals surface area contributed by atoms with Crippen molar-refractivity contribution < 1.29 is 13.5 Å². The summed E-state index contributed by atoms with van der Waals surface area (Å²) in [5.74, 6) is 0. The summed E-state index contributed by atoms with van der Waals surface area (Å²) in [6.45, 7) is 2.51. The molecule has 0 unspecified atom stereocenters. The van der Waals surface area contributed by atoms with Crippen molar-refractivity contribution in [2.24, 2.45) is 0 Å². The Hall–Kier alpha value is -0.680. The Morgan fingerprint density at radius 3 is 2.56 bits per heavy atom. The van der Waals surface area contributed by atoms with Crippen LogP contribution in [0.2, 0.25) is 0 Å². The molecule has 16 heavy (non-hydrogen) atoms. The van der Waals surface area contributed by atoms with Gasteiger partial charge in [0.15, 0.2) is 0 Å². The molecule has 0 amide bonds. The number of halogens is 3. The van der Waals surface area contributed by atoms with Crippen molar-refractivity contribution in [1.29, 1.82) is 0 Å². The number of morpholine rings is 1. The number of rotatable bonds is 2. The molecule has 1 heterocycles. The van der Waals surface area contributed by atoms with Gasteiger partial charge in [-0.15, -0.1) is 0 Å². The van der Waals surface area contributed by atoms with Crippen molar-refractivity contribution in [3.63, 3.8) is 0 Å². The summed E-state index contributed by atoms with van der Waals surface area (Å²) in [4.78, 5) is 1.94. The van der Waals surface area contributed by atoms with Gasteiger partial charge in [0.2, 0.25) is 0 Å². The number of anilines is 1. The van der Waals surface area contributed by atoms with Gasteiger partial charge in [-0.25, -0.2) is 8.78 Å². The maximum absolute atomic E-state index is 12.8. The third-order valence-electron chi connectivity index (χ3n) is 2.58. The van der Waals surface area contributed by atoms with Gasteiger partial charge < -0.3 is 9.64 Å². The molecule has 1 aromatic carbocycles. The molecule has 1 saturated heterocycles. The van der Waals surface area contributed by atoms with Crippen LogP contribution in [-0.2, 0) is 4.74 Å². The van der Waals surface area contributed by atoms with E-state index in [-0.39, 0.29) is 5.56 Å². The topological polar surface area (TPSA) is 12.5 Å². The fourth-order valence-electron chi connectivity index (χ4n) is 1.78. The Balaban J connectivity index is 2.32. The minimum absolute atomic E-state index is 0.0881. The number of nitrogens with zero attached hydrogens (tertiary/aromatic N) is 1. The summed E-state index contributed by atoms with van der Waals surface area (Å²) >= 11 is 3.31. The van der Waals surface area contributed by atoms with Gasteiger partial charge >= 0.3 is 0 Å². The number of hydrogen-bond acceptors (Lipinski definition) is 2. The monoisotopic (exact) mass is 291 g/mol. The van der Waals surface area contributed by atoms with E-state index in [1.54, 1.807) is 12.1 Å². The van der Waals surface area contributed by atoms with E-state index in [1.165, 1.54) is 6.07 Å².